The standard InChI is InChI=1S/C12H15ClO2/c1-9(10-5-3-2-4-6-10)11(13)7-8-12(14)15/h2-6,9,11H,7-8H2,1H3,(H,14,15). The number of carbonyl (C=O) groups is 1. The van der Waals surface area contributed by atoms with Crippen LogP contribution in [0.1, 0.15) is 31.2 Å². The summed E-state index contributed by atoms with van der Waals surface area (Å²) in [5.74, 6) is -0.604. The van der Waals surface area contributed by atoms with Gasteiger partial charge in [0, 0.05) is 11.8 Å². The Bertz CT molecular complexity index is 311. The molecule has 0 fully saturated rings. The molecule has 0 aromatic heterocycles. The van der Waals surface area contributed by atoms with Crippen molar-refractivity contribution in [1.82, 2.24) is 0 Å². The van der Waals surface area contributed by atoms with Gasteiger partial charge in [0.05, 0.1) is 0 Å². The van der Waals surface area contributed by atoms with Gasteiger partial charge in [0.1, 0.15) is 0 Å². The summed E-state index contributed by atoms with van der Waals surface area (Å²) in [6.07, 6.45) is 0.637. The van der Waals surface area contributed by atoms with Crippen molar-refractivity contribution >= 4 is 17.6 Å². The van der Waals surface area contributed by atoms with E-state index in [0.717, 1.165) is 5.56 Å². The Morgan fingerprint density at radius 3 is 2.53 bits per heavy atom. The molecule has 1 aromatic rings. The number of hydrogen-bond donors (Lipinski definition) is 1. The van der Waals surface area contributed by atoms with Crippen molar-refractivity contribution in [2.45, 2.75) is 31.1 Å². The SMILES string of the molecule is CC(c1ccccc1)C(Cl)CCC(=O)O. The third kappa shape index (κ3) is 3.92. The molecule has 0 aliphatic rings. The van der Waals surface area contributed by atoms with E-state index >= 15 is 0 Å². The van der Waals surface area contributed by atoms with Crippen molar-refractivity contribution in [2.75, 3.05) is 0 Å². The third-order valence-corrected chi connectivity index (χ3v) is 3.10. The van der Waals surface area contributed by atoms with E-state index in [1.54, 1.807) is 0 Å². The second-order valence-corrected chi connectivity index (χ2v) is 4.21. The zero-order chi connectivity index (χ0) is 11.3. The average Bonchev–Trinajstić information content (AvgIpc) is 2.26. The van der Waals surface area contributed by atoms with Crippen LogP contribution in [-0.4, -0.2) is 16.5 Å². The van der Waals surface area contributed by atoms with Crippen molar-refractivity contribution in [3.8, 4) is 0 Å². The lowest BCUT2D eigenvalue weighted by atomic mass is 9.95. The maximum atomic E-state index is 10.4. The number of hydrogen-bond acceptors (Lipinski definition) is 1. The third-order valence-electron chi connectivity index (χ3n) is 2.50. The first-order valence-electron chi connectivity index (χ1n) is 5.02. The van der Waals surface area contributed by atoms with Crippen LogP contribution in [0.2, 0.25) is 0 Å². The number of rotatable bonds is 5. The molecule has 2 unspecified atom stereocenters. The molecule has 1 N–H and O–H groups in total. The molecule has 15 heavy (non-hydrogen) atoms. The maximum Gasteiger partial charge on any atom is 0.303 e. The monoisotopic (exact) mass is 226 g/mol. The Morgan fingerprint density at radius 1 is 1.40 bits per heavy atom. The van der Waals surface area contributed by atoms with Gasteiger partial charge in [0.2, 0.25) is 0 Å². The first-order chi connectivity index (χ1) is 7.11. The second-order valence-electron chi connectivity index (χ2n) is 3.65. The molecule has 0 amide bonds. The summed E-state index contributed by atoms with van der Waals surface area (Å²) in [6, 6.07) is 9.91. The van der Waals surface area contributed by atoms with Gasteiger partial charge in [-0.05, 0) is 17.9 Å². The average molecular weight is 227 g/mol. The molecule has 0 radical (unpaired) electrons. The molecular weight excluding hydrogens is 212 g/mol. The van der Waals surface area contributed by atoms with Crippen LogP contribution in [0.3, 0.4) is 0 Å². The van der Waals surface area contributed by atoms with E-state index in [2.05, 4.69) is 0 Å². The predicted molar refractivity (Wildman–Crippen MR) is 61.4 cm³/mol. The Morgan fingerprint density at radius 2 is 2.00 bits per heavy atom. The molecular formula is C12H15ClO2. The smallest absolute Gasteiger partial charge is 0.303 e. The Balaban J connectivity index is 2.53. The van der Waals surface area contributed by atoms with Gasteiger partial charge < -0.3 is 5.11 Å². The Kier molecular flexibility index (Phi) is 4.63. The molecule has 0 saturated heterocycles. The van der Waals surface area contributed by atoms with E-state index < -0.39 is 5.97 Å². The van der Waals surface area contributed by atoms with Crippen molar-refractivity contribution in [2.24, 2.45) is 0 Å². The van der Waals surface area contributed by atoms with E-state index in [-0.39, 0.29) is 17.7 Å². The molecule has 2 atom stereocenters. The van der Waals surface area contributed by atoms with E-state index in [1.165, 1.54) is 0 Å². The zero-order valence-corrected chi connectivity index (χ0v) is 9.45. The molecule has 1 aromatic carbocycles. The van der Waals surface area contributed by atoms with E-state index in [9.17, 15) is 4.79 Å². The van der Waals surface area contributed by atoms with E-state index in [0.29, 0.717) is 6.42 Å². The van der Waals surface area contributed by atoms with Crippen LogP contribution >= 0.6 is 11.6 Å². The topological polar surface area (TPSA) is 37.3 Å². The molecule has 0 spiro atoms. The summed E-state index contributed by atoms with van der Waals surface area (Å²) >= 11 is 6.15. The minimum Gasteiger partial charge on any atom is -0.481 e. The predicted octanol–water partition coefficient (Wildman–Crippen LogP) is 3.26. The molecule has 2 nitrogen and oxygen atoms in total. The van der Waals surface area contributed by atoms with Gasteiger partial charge in [-0.3, -0.25) is 4.79 Å². The summed E-state index contributed by atoms with van der Waals surface area (Å²) in [5, 5.41) is 8.43. The fourth-order valence-electron chi connectivity index (χ4n) is 1.48. The van der Waals surface area contributed by atoms with E-state index in [1.807, 2.05) is 37.3 Å². The molecule has 0 bridgehead atoms. The first-order valence-corrected chi connectivity index (χ1v) is 5.45. The number of alkyl halides is 1. The Labute approximate surface area is 94.9 Å². The summed E-state index contributed by atoms with van der Waals surface area (Å²) in [7, 11) is 0. The first kappa shape index (κ1) is 12.1. The lowest BCUT2D eigenvalue weighted by molar-refractivity contribution is -0.137. The van der Waals surface area contributed by atoms with Crippen LogP contribution in [0.15, 0.2) is 30.3 Å². The number of benzene rings is 1. The van der Waals surface area contributed by atoms with Gasteiger partial charge in [-0.15, -0.1) is 11.6 Å². The quantitative estimate of drug-likeness (QED) is 0.783. The van der Waals surface area contributed by atoms with Gasteiger partial charge in [-0.2, -0.15) is 0 Å². The van der Waals surface area contributed by atoms with Crippen LogP contribution < -0.4 is 0 Å². The highest BCUT2D eigenvalue weighted by atomic mass is 35.5. The van der Waals surface area contributed by atoms with Crippen LogP contribution in [0.25, 0.3) is 0 Å². The van der Waals surface area contributed by atoms with Crippen molar-refractivity contribution in [3.63, 3.8) is 0 Å². The van der Waals surface area contributed by atoms with Crippen molar-refractivity contribution in [1.29, 1.82) is 0 Å². The molecule has 1 rings (SSSR count). The highest BCUT2D eigenvalue weighted by Gasteiger charge is 2.16. The molecule has 0 heterocycles. The van der Waals surface area contributed by atoms with Gasteiger partial charge >= 0.3 is 5.97 Å². The van der Waals surface area contributed by atoms with Gasteiger partial charge in [0.25, 0.3) is 0 Å². The van der Waals surface area contributed by atoms with Gasteiger partial charge in [0.15, 0.2) is 0 Å². The zero-order valence-electron chi connectivity index (χ0n) is 8.69. The Hall–Kier alpha value is -1.02. The van der Waals surface area contributed by atoms with Crippen molar-refractivity contribution < 1.29 is 9.90 Å². The molecule has 0 aliphatic heterocycles. The fraction of sp³-hybridized carbons (Fsp3) is 0.417. The minimum absolute atomic E-state index is 0.122. The maximum absolute atomic E-state index is 10.4. The lowest BCUT2D eigenvalue weighted by Gasteiger charge is -2.17. The highest BCUT2D eigenvalue weighted by molar-refractivity contribution is 6.21. The minimum atomic E-state index is -0.791. The highest BCUT2D eigenvalue weighted by Crippen LogP contribution is 2.26. The lowest BCUT2D eigenvalue weighted by Crippen LogP contribution is -2.11. The normalized spacial score (nSPS) is 14.5. The van der Waals surface area contributed by atoms with Crippen LogP contribution in [0.4, 0.5) is 0 Å². The molecule has 82 valence electrons. The molecule has 0 aliphatic carbocycles. The summed E-state index contributed by atoms with van der Waals surface area (Å²) in [5.41, 5.74) is 1.16. The van der Waals surface area contributed by atoms with Gasteiger partial charge in [-0.25, -0.2) is 0 Å². The summed E-state index contributed by atoms with van der Waals surface area (Å²) in [4.78, 5) is 10.4. The van der Waals surface area contributed by atoms with Crippen LogP contribution in [0.5, 0.6) is 0 Å². The van der Waals surface area contributed by atoms with Crippen molar-refractivity contribution in [3.05, 3.63) is 35.9 Å². The second kappa shape index (κ2) is 5.76. The number of halogens is 1. The molecule has 0 saturated carbocycles. The molecule has 3 heteroatoms. The largest absolute Gasteiger partial charge is 0.481 e. The summed E-state index contributed by atoms with van der Waals surface area (Å²) < 4.78 is 0. The van der Waals surface area contributed by atoms with Crippen LogP contribution in [-0.2, 0) is 4.79 Å². The van der Waals surface area contributed by atoms with Gasteiger partial charge in [-0.1, -0.05) is 37.3 Å². The number of aliphatic carboxylic acids is 1. The summed E-state index contributed by atoms with van der Waals surface area (Å²) in [6.45, 7) is 2.02. The van der Waals surface area contributed by atoms with Crippen LogP contribution in [0, 0.1) is 0 Å². The van der Waals surface area contributed by atoms with E-state index in [4.69, 9.17) is 16.7 Å². The fourth-order valence-corrected chi connectivity index (χ4v) is 1.73. The number of carboxylic acids is 1. The number of carboxylic acid groups (broad SMARTS) is 1.